The normalized spacial score (nSPS) is 20.6. The van der Waals surface area contributed by atoms with E-state index in [2.05, 4.69) is 15.3 Å². The minimum absolute atomic E-state index is 0.0708. The Morgan fingerprint density at radius 1 is 1.21 bits per heavy atom. The van der Waals surface area contributed by atoms with Crippen molar-refractivity contribution in [1.82, 2.24) is 19.7 Å². The van der Waals surface area contributed by atoms with E-state index in [1.807, 2.05) is 28.9 Å². The van der Waals surface area contributed by atoms with Crippen molar-refractivity contribution in [2.75, 3.05) is 36.3 Å². The van der Waals surface area contributed by atoms with Crippen molar-refractivity contribution in [1.29, 1.82) is 0 Å². The fourth-order valence-electron chi connectivity index (χ4n) is 4.41. The molecule has 4 heterocycles. The van der Waals surface area contributed by atoms with E-state index < -0.39 is 8.38 Å². The van der Waals surface area contributed by atoms with Crippen LogP contribution in [0.3, 0.4) is 0 Å². The van der Waals surface area contributed by atoms with Crippen LogP contribution in [0.2, 0.25) is 5.02 Å². The first kappa shape index (κ1) is 23.7. The third kappa shape index (κ3) is 5.43. The Morgan fingerprint density at radius 2 is 2.06 bits per heavy atom. The van der Waals surface area contributed by atoms with Gasteiger partial charge in [0.1, 0.15) is 12.2 Å². The predicted molar refractivity (Wildman–Crippen MR) is 131 cm³/mol. The molecule has 5 rings (SSSR count). The summed E-state index contributed by atoms with van der Waals surface area (Å²) in [5, 5.41) is 9.59. The molecule has 2 unspecified atom stereocenters. The van der Waals surface area contributed by atoms with Crippen LogP contribution in [0.4, 0.5) is 11.8 Å². The van der Waals surface area contributed by atoms with Crippen molar-refractivity contribution in [3.8, 4) is 0 Å². The molecule has 2 aliphatic heterocycles. The van der Waals surface area contributed by atoms with Crippen LogP contribution in [-0.4, -0.2) is 61.7 Å². The molecule has 182 valence electrons. The highest BCUT2D eigenvalue weighted by atomic mass is 35.5. The SMILES string of the molecule is OP(O)COCC1CCC(n2ncc3c(NCc4cccc(Cl)c4)nc(N4CCCC4)nc32)O1. The fourth-order valence-corrected chi connectivity index (χ4v) is 4.89. The van der Waals surface area contributed by atoms with Crippen LogP contribution in [0.5, 0.6) is 0 Å². The van der Waals surface area contributed by atoms with E-state index in [0.717, 1.165) is 61.2 Å². The lowest BCUT2D eigenvalue weighted by molar-refractivity contribution is -0.0384. The summed E-state index contributed by atoms with van der Waals surface area (Å²) in [6.07, 6.45) is 5.14. The summed E-state index contributed by atoms with van der Waals surface area (Å²) in [5.41, 5.74) is 1.79. The molecule has 2 saturated heterocycles. The molecule has 0 amide bonds. The zero-order chi connectivity index (χ0) is 23.5. The first-order valence-electron chi connectivity index (χ1n) is 11.4. The molecule has 2 aliphatic rings. The van der Waals surface area contributed by atoms with Gasteiger partial charge in [-0.15, -0.1) is 0 Å². The van der Waals surface area contributed by atoms with Crippen LogP contribution in [0.1, 0.15) is 37.5 Å². The molecule has 12 heteroatoms. The van der Waals surface area contributed by atoms with E-state index in [4.69, 9.17) is 40.8 Å². The standard InChI is InChI=1S/C22H28ClN6O4P/c23-16-5-3-4-15(10-16)11-24-20-18-12-25-29(19-7-6-17(33-19)13-32-14-34(30)31)21(18)27-22(26-20)28-8-1-2-9-28/h3-5,10,12,17,19,30-31H,1-2,6-9,11,13-14H2,(H,24,26,27). The highest BCUT2D eigenvalue weighted by Gasteiger charge is 2.30. The minimum Gasteiger partial charge on any atom is -0.369 e. The van der Waals surface area contributed by atoms with Crippen molar-refractivity contribution < 1.29 is 19.3 Å². The topological polar surface area (TPSA) is 118 Å². The van der Waals surface area contributed by atoms with Gasteiger partial charge in [0, 0.05) is 24.7 Å². The van der Waals surface area contributed by atoms with Crippen molar-refractivity contribution in [3.63, 3.8) is 0 Å². The lowest BCUT2D eigenvalue weighted by Crippen LogP contribution is -2.22. The zero-order valence-corrected chi connectivity index (χ0v) is 20.3. The van der Waals surface area contributed by atoms with Crippen molar-refractivity contribution in [2.24, 2.45) is 0 Å². The number of fused-ring (bicyclic) bond motifs is 1. The van der Waals surface area contributed by atoms with Gasteiger partial charge >= 0.3 is 0 Å². The molecule has 10 nitrogen and oxygen atoms in total. The number of aromatic nitrogens is 4. The van der Waals surface area contributed by atoms with E-state index in [1.165, 1.54) is 0 Å². The van der Waals surface area contributed by atoms with Crippen molar-refractivity contribution >= 4 is 42.8 Å². The monoisotopic (exact) mass is 506 g/mol. The second kappa shape index (κ2) is 10.7. The Hall–Kier alpha value is -2.07. The van der Waals surface area contributed by atoms with Crippen molar-refractivity contribution in [3.05, 3.63) is 41.0 Å². The van der Waals surface area contributed by atoms with Crippen LogP contribution in [-0.2, 0) is 16.0 Å². The number of nitrogens with one attached hydrogen (secondary N) is 1. The summed E-state index contributed by atoms with van der Waals surface area (Å²) in [5.74, 6) is 1.42. The van der Waals surface area contributed by atoms with E-state index in [0.29, 0.717) is 24.1 Å². The number of nitrogens with zero attached hydrogens (tertiary/aromatic N) is 5. The Kier molecular flexibility index (Phi) is 7.43. The lowest BCUT2D eigenvalue weighted by atomic mass is 10.2. The molecular formula is C22H28ClN6O4P. The van der Waals surface area contributed by atoms with Crippen LogP contribution >= 0.6 is 20.0 Å². The van der Waals surface area contributed by atoms with Crippen LogP contribution < -0.4 is 10.2 Å². The first-order valence-corrected chi connectivity index (χ1v) is 13.2. The number of benzene rings is 1. The molecule has 0 bridgehead atoms. The largest absolute Gasteiger partial charge is 0.369 e. The molecule has 1 aromatic carbocycles. The predicted octanol–water partition coefficient (Wildman–Crippen LogP) is 3.64. The highest BCUT2D eigenvalue weighted by molar-refractivity contribution is 7.44. The van der Waals surface area contributed by atoms with Gasteiger partial charge in [-0.25, -0.2) is 4.68 Å². The molecule has 0 saturated carbocycles. The Labute approximate surface area is 203 Å². The highest BCUT2D eigenvalue weighted by Crippen LogP contribution is 2.33. The average Bonchev–Trinajstić information content (AvgIpc) is 3.57. The smallest absolute Gasteiger partial charge is 0.229 e. The molecule has 0 aliphatic carbocycles. The van der Waals surface area contributed by atoms with Gasteiger partial charge in [0.15, 0.2) is 20.3 Å². The molecule has 0 spiro atoms. The summed E-state index contributed by atoms with van der Waals surface area (Å²) in [4.78, 5) is 30.0. The molecule has 2 fully saturated rings. The van der Waals surface area contributed by atoms with E-state index in [9.17, 15) is 0 Å². The third-order valence-corrected chi connectivity index (χ3v) is 6.70. The number of hydrogen-bond donors (Lipinski definition) is 3. The number of halogens is 1. The minimum atomic E-state index is -2.06. The number of rotatable bonds is 9. The van der Waals surface area contributed by atoms with Crippen LogP contribution in [0.25, 0.3) is 11.0 Å². The molecule has 3 aromatic rings. The second-order valence-corrected chi connectivity index (χ2v) is 9.98. The first-order chi connectivity index (χ1) is 16.6. The fraction of sp³-hybridized carbons (Fsp3) is 0.500. The van der Waals surface area contributed by atoms with Gasteiger partial charge in [0.25, 0.3) is 0 Å². The molecule has 2 atom stereocenters. The summed E-state index contributed by atoms with van der Waals surface area (Å²) in [7, 11) is -2.06. The molecule has 3 N–H and O–H groups in total. The number of ether oxygens (including phenoxy) is 2. The van der Waals surface area contributed by atoms with Gasteiger partial charge in [-0.1, -0.05) is 23.7 Å². The van der Waals surface area contributed by atoms with Gasteiger partial charge in [-0.05, 0) is 43.4 Å². The summed E-state index contributed by atoms with van der Waals surface area (Å²) in [6, 6.07) is 7.75. The van der Waals surface area contributed by atoms with E-state index >= 15 is 0 Å². The summed E-state index contributed by atoms with van der Waals surface area (Å²) in [6.45, 7) is 2.76. The van der Waals surface area contributed by atoms with Gasteiger partial charge < -0.3 is 29.5 Å². The van der Waals surface area contributed by atoms with E-state index in [1.54, 1.807) is 6.20 Å². The number of hydrogen-bond acceptors (Lipinski definition) is 9. The Morgan fingerprint density at radius 3 is 2.85 bits per heavy atom. The third-order valence-electron chi connectivity index (χ3n) is 6.05. The maximum absolute atomic E-state index is 9.03. The maximum Gasteiger partial charge on any atom is 0.229 e. The summed E-state index contributed by atoms with van der Waals surface area (Å²) >= 11 is 6.15. The average molecular weight is 507 g/mol. The van der Waals surface area contributed by atoms with Gasteiger partial charge in [-0.3, -0.25) is 0 Å². The van der Waals surface area contributed by atoms with Gasteiger partial charge in [-0.2, -0.15) is 15.1 Å². The van der Waals surface area contributed by atoms with Gasteiger partial charge in [0.05, 0.1) is 24.3 Å². The quantitative estimate of drug-likeness (QED) is 0.374. The van der Waals surface area contributed by atoms with E-state index in [-0.39, 0.29) is 18.7 Å². The van der Waals surface area contributed by atoms with Gasteiger partial charge in [0.2, 0.25) is 5.95 Å². The molecule has 2 aromatic heterocycles. The lowest BCUT2D eigenvalue weighted by Gasteiger charge is -2.18. The van der Waals surface area contributed by atoms with Crippen molar-refractivity contribution in [2.45, 2.75) is 44.6 Å². The van der Waals surface area contributed by atoms with Crippen LogP contribution in [0.15, 0.2) is 30.5 Å². The van der Waals surface area contributed by atoms with Crippen LogP contribution in [0, 0.1) is 0 Å². The molecule has 0 radical (unpaired) electrons. The second-order valence-electron chi connectivity index (χ2n) is 8.54. The zero-order valence-electron chi connectivity index (χ0n) is 18.7. The maximum atomic E-state index is 9.03. The number of anilines is 2. The molecular weight excluding hydrogens is 479 g/mol. The molecule has 34 heavy (non-hydrogen) atoms. The Bertz CT molecular complexity index is 1130. The summed E-state index contributed by atoms with van der Waals surface area (Å²) < 4.78 is 13.3. The Balaban J connectivity index is 1.39.